The molecule has 1 fully saturated rings. The van der Waals surface area contributed by atoms with Crippen LogP contribution in [0.15, 0.2) is 12.7 Å². The van der Waals surface area contributed by atoms with E-state index in [4.69, 9.17) is 18.9 Å². The fourth-order valence-electron chi connectivity index (χ4n) is 2.22. The normalized spacial score (nSPS) is 23.0. The minimum Gasteiger partial charge on any atom is -0.444 e. The molecule has 1 aliphatic rings. The van der Waals surface area contributed by atoms with Gasteiger partial charge in [0.25, 0.3) is 0 Å². The van der Waals surface area contributed by atoms with E-state index in [1.54, 1.807) is 18.1 Å². The van der Waals surface area contributed by atoms with Gasteiger partial charge in [0.15, 0.2) is 0 Å². The van der Waals surface area contributed by atoms with Gasteiger partial charge in [-0.2, -0.15) is 0 Å². The largest absolute Gasteiger partial charge is 0.444 e. The van der Waals surface area contributed by atoms with Gasteiger partial charge in [-0.25, -0.2) is 4.79 Å². The maximum Gasteiger partial charge on any atom is 0.413 e. The number of amides is 1. The number of rotatable bonds is 5. The molecule has 2 atom stereocenters. The van der Waals surface area contributed by atoms with Crippen LogP contribution in [0.3, 0.4) is 0 Å². The summed E-state index contributed by atoms with van der Waals surface area (Å²) in [6, 6.07) is -0.303. The zero-order chi connectivity index (χ0) is 16.3. The van der Waals surface area contributed by atoms with Gasteiger partial charge in [-0.15, -0.1) is 6.58 Å². The van der Waals surface area contributed by atoms with E-state index in [1.165, 1.54) is 0 Å². The molecule has 122 valence electrons. The summed E-state index contributed by atoms with van der Waals surface area (Å²) >= 11 is 0. The zero-order valence-electron chi connectivity index (χ0n) is 13.8. The lowest BCUT2D eigenvalue weighted by atomic mass is 10.1. The average molecular weight is 301 g/mol. The molecule has 1 rings (SSSR count). The maximum absolute atomic E-state index is 12.5. The topological polar surface area (TPSA) is 57.2 Å². The van der Waals surface area contributed by atoms with E-state index in [1.807, 2.05) is 34.6 Å². The van der Waals surface area contributed by atoms with E-state index in [0.29, 0.717) is 6.61 Å². The molecular weight excluding hydrogens is 274 g/mol. The summed E-state index contributed by atoms with van der Waals surface area (Å²) in [5.74, 6) is 0. The van der Waals surface area contributed by atoms with Crippen LogP contribution in [0.5, 0.6) is 0 Å². The van der Waals surface area contributed by atoms with Crippen molar-refractivity contribution in [2.45, 2.75) is 58.1 Å². The second kappa shape index (κ2) is 6.77. The van der Waals surface area contributed by atoms with Gasteiger partial charge >= 0.3 is 6.09 Å². The number of carbonyl (C=O) groups excluding carboxylic acids is 1. The number of hydrogen-bond donors (Lipinski definition) is 0. The second-order valence-electron chi connectivity index (χ2n) is 6.45. The minimum atomic E-state index is -0.759. The van der Waals surface area contributed by atoms with Crippen LogP contribution in [0.2, 0.25) is 0 Å². The highest BCUT2D eigenvalue weighted by Crippen LogP contribution is 2.32. The summed E-state index contributed by atoms with van der Waals surface area (Å²) < 4.78 is 21.7. The molecular formula is C15H27NO5. The Hall–Kier alpha value is -1.11. The Morgan fingerprint density at radius 3 is 2.62 bits per heavy atom. The Balaban J connectivity index is 2.92. The highest BCUT2D eigenvalue weighted by Gasteiger charge is 2.48. The van der Waals surface area contributed by atoms with Crippen molar-refractivity contribution in [3.05, 3.63) is 12.7 Å². The Morgan fingerprint density at radius 1 is 1.52 bits per heavy atom. The first-order valence-electron chi connectivity index (χ1n) is 7.02. The van der Waals surface area contributed by atoms with E-state index in [2.05, 4.69) is 6.58 Å². The van der Waals surface area contributed by atoms with Crippen molar-refractivity contribution in [3.63, 3.8) is 0 Å². The van der Waals surface area contributed by atoms with Crippen molar-refractivity contribution in [3.8, 4) is 0 Å². The van der Waals surface area contributed by atoms with Gasteiger partial charge in [-0.05, 0) is 34.6 Å². The van der Waals surface area contributed by atoms with E-state index in [9.17, 15) is 4.79 Å². The predicted octanol–water partition coefficient (Wildman–Crippen LogP) is 2.53. The molecule has 6 heteroatoms. The van der Waals surface area contributed by atoms with E-state index >= 15 is 0 Å². The number of hydrogen-bond acceptors (Lipinski definition) is 5. The molecule has 1 heterocycles. The standard InChI is InChI=1S/C15H27NO5/c1-8-12(19-10-18-7)11-9-20-15(5,6)16(11)13(17)21-14(2,3)4/h8,11-12H,1,9-10H2,2-7H3/t11-,12+/m0/s1. The molecule has 21 heavy (non-hydrogen) atoms. The van der Waals surface area contributed by atoms with Crippen molar-refractivity contribution >= 4 is 6.09 Å². The molecule has 0 bridgehead atoms. The van der Waals surface area contributed by atoms with Gasteiger partial charge in [0.2, 0.25) is 0 Å². The molecule has 0 aromatic rings. The monoisotopic (exact) mass is 301 g/mol. The van der Waals surface area contributed by atoms with Crippen LogP contribution in [-0.4, -0.2) is 55.0 Å². The Morgan fingerprint density at radius 2 is 2.14 bits per heavy atom. The predicted molar refractivity (Wildman–Crippen MR) is 78.8 cm³/mol. The third-order valence-electron chi connectivity index (χ3n) is 3.10. The molecule has 0 aliphatic carbocycles. The lowest BCUT2D eigenvalue weighted by Gasteiger charge is -2.36. The SMILES string of the molecule is C=C[C@@H](OCOC)[C@@H]1COC(C)(C)N1C(=O)OC(C)(C)C. The third kappa shape index (κ3) is 4.69. The first-order chi connectivity index (χ1) is 9.62. The molecule has 0 aromatic carbocycles. The molecule has 0 spiro atoms. The summed E-state index contributed by atoms with van der Waals surface area (Å²) in [5, 5.41) is 0. The van der Waals surface area contributed by atoms with E-state index in [0.717, 1.165) is 0 Å². The number of carbonyl (C=O) groups is 1. The van der Waals surface area contributed by atoms with Crippen LogP contribution < -0.4 is 0 Å². The fraction of sp³-hybridized carbons (Fsp3) is 0.800. The highest BCUT2D eigenvalue weighted by molar-refractivity contribution is 5.70. The molecule has 0 aromatic heterocycles. The van der Waals surface area contributed by atoms with Crippen molar-refractivity contribution in [2.75, 3.05) is 20.5 Å². The molecule has 1 saturated heterocycles. The summed E-state index contributed by atoms with van der Waals surface area (Å²) in [7, 11) is 1.54. The molecule has 0 unspecified atom stereocenters. The zero-order valence-corrected chi connectivity index (χ0v) is 13.8. The third-order valence-corrected chi connectivity index (χ3v) is 3.10. The number of nitrogens with zero attached hydrogens (tertiary/aromatic N) is 1. The fourth-order valence-corrected chi connectivity index (χ4v) is 2.22. The second-order valence-corrected chi connectivity index (χ2v) is 6.45. The van der Waals surface area contributed by atoms with Gasteiger partial charge < -0.3 is 18.9 Å². The van der Waals surface area contributed by atoms with Crippen molar-refractivity contribution in [1.29, 1.82) is 0 Å². The maximum atomic E-state index is 12.5. The highest BCUT2D eigenvalue weighted by atomic mass is 16.7. The Kier molecular flexibility index (Phi) is 5.78. The summed E-state index contributed by atoms with van der Waals surface area (Å²) in [4.78, 5) is 14.1. The van der Waals surface area contributed by atoms with Crippen molar-refractivity contribution < 1.29 is 23.7 Å². The van der Waals surface area contributed by atoms with Crippen LogP contribution >= 0.6 is 0 Å². The van der Waals surface area contributed by atoms with Crippen LogP contribution in [0.4, 0.5) is 4.79 Å². The van der Waals surface area contributed by atoms with Gasteiger partial charge in [0.05, 0.1) is 12.6 Å². The van der Waals surface area contributed by atoms with Crippen LogP contribution in [0.1, 0.15) is 34.6 Å². The molecule has 0 radical (unpaired) electrons. The van der Waals surface area contributed by atoms with Gasteiger partial charge in [0, 0.05) is 7.11 Å². The molecule has 0 N–H and O–H groups in total. The summed E-state index contributed by atoms with van der Waals surface area (Å²) in [6.07, 6.45) is 0.827. The number of methoxy groups -OCH3 is 1. The lowest BCUT2D eigenvalue weighted by molar-refractivity contribution is -0.0902. The minimum absolute atomic E-state index is 0.121. The molecule has 6 nitrogen and oxygen atoms in total. The van der Waals surface area contributed by atoms with E-state index < -0.39 is 17.4 Å². The van der Waals surface area contributed by atoms with Crippen LogP contribution in [0, 0.1) is 0 Å². The average Bonchev–Trinajstić information content (AvgIpc) is 2.64. The van der Waals surface area contributed by atoms with E-state index in [-0.39, 0.29) is 18.9 Å². The first-order valence-corrected chi connectivity index (χ1v) is 7.02. The molecule has 1 aliphatic heterocycles. The quantitative estimate of drug-likeness (QED) is 0.577. The lowest BCUT2D eigenvalue weighted by Crippen LogP contribution is -2.53. The van der Waals surface area contributed by atoms with Gasteiger partial charge in [-0.1, -0.05) is 6.08 Å². The van der Waals surface area contributed by atoms with Crippen LogP contribution in [0.25, 0.3) is 0 Å². The molecule has 1 amide bonds. The van der Waals surface area contributed by atoms with Gasteiger partial charge in [0.1, 0.15) is 24.2 Å². The van der Waals surface area contributed by atoms with Gasteiger partial charge in [-0.3, -0.25) is 4.90 Å². The molecule has 0 saturated carbocycles. The summed E-state index contributed by atoms with van der Waals surface area (Å²) in [6.45, 7) is 13.4. The van der Waals surface area contributed by atoms with Crippen LogP contribution in [-0.2, 0) is 18.9 Å². The Bertz CT molecular complexity index is 375. The number of ether oxygens (including phenoxy) is 4. The smallest absolute Gasteiger partial charge is 0.413 e. The summed E-state index contributed by atoms with van der Waals surface area (Å²) in [5.41, 5.74) is -1.33. The first kappa shape index (κ1) is 17.9. The Labute approximate surface area is 127 Å². The van der Waals surface area contributed by atoms with Crippen molar-refractivity contribution in [1.82, 2.24) is 4.90 Å². The van der Waals surface area contributed by atoms with Crippen molar-refractivity contribution in [2.24, 2.45) is 0 Å².